The second kappa shape index (κ2) is 6.13. The van der Waals surface area contributed by atoms with Gasteiger partial charge in [0.2, 0.25) is 0 Å². The maximum absolute atomic E-state index is 6.37. The molecular weight excluding hydrogens is 288 g/mol. The van der Waals surface area contributed by atoms with Gasteiger partial charge in [0.1, 0.15) is 0 Å². The Morgan fingerprint density at radius 1 is 1.00 bits per heavy atom. The Labute approximate surface area is 138 Å². The molecule has 2 rings (SSSR count). The molecule has 1 aromatic carbocycles. The fourth-order valence-electron chi connectivity index (χ4n) is 2.29. The van der Waals surface area contributed by atoms with Crippen LogP contribution in [-0.2, 0) is 17.3 Å². The maximum Gasteiger partial charge on any atom is 0.0947 e. The first kappa shape index (κ1) is 17.2. The minimum atomic E-state index is 0.00740. The van der Waals surface area contributed by atoms with E-state index in [1.807, 2.05) is 0 Å². The molecule has 0 aliphatic heterocycles. The van der Waals surface area contributed by atoms with Crippen LogP contribution in [-0.4, -0.2) is 4.98 Å². The Balaban J connectivity index is 2.09. The molecule has 0 saturated carbocycles. The Hall–Kier alpha value is -1.19. The summed E-state index contributed by atoms with van der Waals surface area (Å²) >= 11 is 1.72. The van der Waals surface area contributed by atoms with E-state index in [4.69, 9.17) is 10.7 Å². The van der Waals surface area contributed by atoms with Crippen LogP contribution in [0.2, 0.25) is 0 Å². The summed E-state index contributed by atoms with van der Waals surface area (Å²) in [7, 11) is 0. The quantitative estimate of drug-likeness (QED) is 0.867. The molecule has 0 spiro atoms. The molecule has 120 valence electrons. The highest BCUT2D eigenvalue weighted by molar-refractivity contribution is 7.09. The first-order chi connectivity index (χ1) is 10.1. The Morgan fingerprint density at radius 3 is 2.05 bits per heavy atom. The van der Waals surface area contributed by atoms with Crippen molar-refractivity contribution in [2.75, 3.05) is 0 Å². The van der Waals surface area contributed by atoms with Crippen LogP contribution in [0.3, 0.4) is 0 Å². The number of aromatic nitrogens is 1. The third-order valence-electron chi connectivity index (χ3n) is 3.92. The summed E-state index contributed by atoms with van der Waals surface area (Å²) < 4.78 is 0. The highest BCUT2D eigenvalue weighted by Gasteiger charge is 2.19. The van der Waals surface area contributed by atoms with E-state index < -0.39 is 0 Å². The number of nitrogens with zero attached hydrogens (tertiary/aromatic N) is 1. The molecule has 0 fully saturated rings. The molecule has 1 atom stereocenters. The third kappa shape index (κ3) is 4.17. The zero-order valence-electron chi connectivity index (χ0n) is 14.6. The van der Waals surface area contributed by atoms with Gasteiger partial charge in [-0.05, 0) is 16.5 Å². The summed E-state index contributed by atoms with van der Waals surface area (Å²) in [5, 5.41) is 3.28. The van der Waals surface area contributed by atoms with Crippen molar-refractivity contribution in [2.45, 2.75) is 64.8 Å². The molecule has 2 nitrogen and oxygen atoms in total. The number of thiazole rings is 1. The van der Waals surface area contributed by atoms with Crippen LogP contribution in [0.1, 0.15) is 69.4 Å². The highest BCUT2D eigenvalue weighted by Crippen LogP contribution is 2.27. The van der Waals surface area contributed by atoms with Gasteiger partial charge in [-0.25, -0.2) is 4.98 Å². The van der Waals surface area contributed by atoms with Crippen molar-refractivity contribution >= 4 is 11.3 Å². The van der Waals surface area contributed by atoms with Crippen molar-refractivity contribution in [1.82, 2.24) is 4.98 Å². The van der Waals surface area contributed by atoms with Gasteiger partial charge >= 0.3 is 0 Å². The van der Waals surface area contributed by atoms with E-state index in [0.29, 0.717) is 0 Å². The monoisotopic (exact) mass is 316 g/mol. The van der Waals surface area contributed by atoms with Crippen LogP contribution in [0.4, 0.5) is 0 Å². The van der Waals surface area contributed by atoms with E-state index in [2.05, 4.69) is 71.2 Å². The molecule has 0 aliphatic carbocycles. The molecule has 1 unspecified atom stereocenters. The van der Waals surface area contributed by atoms with E-state index in [1.165, 1.54) is 11.1 Å². The first-order valence-electron chi connectivity index (χ1n) is 7.88. The van der Waals surface area contributed by atoms with Crippen molar-refractivity contribution < 1.29 is 0 Å². The summed E-state index contributed by atoms with van der Waals surface area (Å²) in [5.41, 5.74) is 10.3. The normalized spacial score (nSPS) is 14.1. The standard InChI is InChI=1S/C19H28N2S/c1-18(2,3)14-9-7-13(8-10-14)15(20)11-17-21-16(12-22-17)19(4,5)6/h7-10,12,15H,11,20H2,1-6H3. The summed E-state index contributed by atoms with van der Waals surface area (Å²) in [6.45, 7) is 13.3. The molecule has 0 saturated heterocycles. The first-order valence-corrected chi connectivity index (χ1v) is 8.76. The molecule has 3 heteroatoms. The van der Waals surface area contributed by atoms with Crippen LogP contribution < -0.4 is 5.73 Å². The zero-order chi connectivity index (χ0) is 16.5. The molecule has 0 radical (unpaired) electrons. The fourth-order valence-corrected chi connectivity index (χ4v) is 3.37. The smallest absolute Gasteiger partial charge is 0.0947 e. The van der Waals surface area contributed by atoms with Crippen LogP contribution in [0.15, 0.2) is 29.6 Å². The predicted molar refractivity (Wildman–Crippen MR) is 96.6 cm³/mol. The lowest BCUT2D eigenvalue weighted by Crippen LogP contribution is -2.16. The van der Waals surface area contributed by atoms with Gasteiger partial charge in [0, 0.05) is 23.3 Å². The third-order valence-corrected chi connectivity index (χ3v) is 4.79. The predicted octanol–water partition coefficient (Wildman–Crippen LogP) is 4.98. The molecule has 1 aromatic heterocycles. The van der Waals surface area contributed by atoms with Crippen molar-refractivity contribution in [3.63, 3.8) is 0 Å². The number of hydrogen-bond acceptors (Lipinski definition) is 3. The fraction of sp³-hybridized carbons (Fsp3) is 0.526. The summed E-state index contributed by atoms with van der Waals surface area (Å²) in [6, 6.07) is 8.70. The topological polar surface area (TPSA) is 38.9 Å². The Morgan fingerprint density at radius 2 is 1.59 bits per heavy atom. The Kier molecular flexibility index (Phi) is 4.78. The van der Waals surface area contributed by atoms with Crippen molar-refractivity contribution in [1.29, 1.82) is 0 Å². The van der Waals surface area contributed by atoms with Gasteiger partial charge in [-0.3, -0.25) is 0 Å². The molecule has 2 N–H and O–H groups in total. The summed E-state index contributed by atoms with van der Waals surface area (Å²) in [5.74, 6) is 0. The SMILES string of the molecule is CC(C)(C)c1ccc(C(N)Cc2nc(C(C)(C)C)cs2)cc1. The van der Waals surface area contributed by atoms with E-state index in [1.54, 1.807) is 11.3 Å². The number of hydrogen-bond donors (Lipinski definition) is 1. The van der Waals surface area contributed by atoms with Gasteiger partial charge in [0.25, 0.3) is 0 Å². The maximum atomic E-state index is 6.37. The van der Waals surface area contributed by atoms with E-state index in [9.17, 15) is 0 Å². The van der Waals surface area contributed by atoms with Crippen LogP contribution in [0.25, 0.3) is 0 Å². The minimum absolute atomic E-state index is 0.00740. The number of benzene rings is 1. The molecule has 22 heavy (non-hydrogen) atoms. The summed E-state index contributed by atoms with van der Waals surface area (Å²) in [4.78, 5) is 4.74. The number of nitrogens with two attached hydrogens (primary N) is 1. The van der Waals surface area contributed by atoms with E-state index >= 15 is 0 Å². The highest BCUT2D eigenvalue weighted by atomic mass is 32.1. The van der Waals surface area contributed by atoms with Crippen molar-refractivity contribution in [3.8, 4) is 0 Å². The summed E-state index contributed by atoms with van der Waals surface area (Å²) in [6.07, 6.45) is 0.801. The van der Waals surface area contributed by atoms with Gasteiger partial charge in [-0.2, -0.15) is 0 Å². The largest absolute Gasteiger partial charge is 0.324 e. The lowest BCUT2D eigenvalue weighted by atomic mass is 9.86. The van der Waals surface area contributed by atoms with Crippen molar-refractivity contribution in [2.24, 2.45) is 5.73 Å². The zero-order valence-corrected chi connectivity index (χ0v) is 15.4. The van der Waals surface area contributed by atoms with Crippen LogP contribution in [0.5, 0.6) is 0 Å². The lowest BCUT2D eigenvalue weighted by molar-refractivity contribution is 0.569. The van der Waals surface area contributed by atoms with Crippen LogP contribution >= 0.6 is 11.3 Å². The molecule has 1 heterocycles. The van der Waals surface area contributed by atoms with Gasteiger partial charge in [-0.15, -0.1) is 11.3 Å². The van der Waals surface area contributed by atoms with Crippen molar-refractivity contribution in [3.05, 3.63) is 51.5 Å². The molecule has 2 aromatic rings. The molecule has 0 amide bonds. The Bertz CT molecular complexity index is 612. The van der Waals surface area contributed by atoms with Gasteiger partial charge < -0.3 is 5.73 Å². The van der Waals surface area contributed by atoms with Crippen LogP contribution in [0, 0.1) is 0 Å². The second-order valence-electron chi connectivity index (χ2n) is 8.06. The second-order valence-corrected chi connectivity index (χ2v) is 9.00. The van der Waals surface area contributed by atoms with Gasteiger partial charge in [-0.1, -0.05) is 65.8 Å². The van der Waals surface area contributed by atoms with E-state index in [-0.39, 0.29) is 16.9 Å². The molecule has 0 bridgehead atoms. The number of rotatable bonds is 3. The average molecular weight is 317 g/mol. The average Bonchev–Trinajstić information content (AvgIpc) is 2.86. The van der Waals surface area contributed by atoms with E-state index in [0.717, 1.165) is 17.1 Å². The van der Waals surface area contributed by atoms with Gasteiger partial charge in [0.05, 0.1) is 10.7 Å². The van der Waals surface area contributed by atoms with Gasteiger partial charge in [0.15, 0.2) is 0 Å². The molecular formula is C19H28N2S. The lowest BCUT2D eigenvalue weighted by Gasteiger charge is -2.20. The minimum Gasteiger partial charge on any atom is -0.324 e. The molecule has 0 aliphatic rings.